The second-order valence-corrected chi connectivity index (χ2v) is 5.75. The van der Waals surface area contributed by atoms with Crippen LogP contribution in [0.5, 0.6) is 0 Å². The summed E-state index contributed by atoms with van der Waals surface area (Å²) in [6, 6.07) is -0.690. The molecule has 0 spiro atoms. The summed E-state index contributed by atoms with van der Waals surface area (Å²) >= 11 is 0. The molecule has 0 heterocycles. The molecular formula is C14H28N2O3. The van der Waals surface area contributed by atoms with Crippen LogP contribution in [0.3, 0.4) is 0 Å². The molecule has 0 bridgehead atoms. The van der Waals surface area contributed by atoms with Gasteiger partial charge >= 0.3 is 5.97 Å². The second-order valence-electron chi connectivity index (χ2n) is 5.75. The minimum Gasteiger partial charge on any atom is -0.480 e. The summed E-state index contributed by atoms with van der Waals surface area (Å²) in [7, 11) is 0. The molecule has 0 aliphatic heterocycles. The molecule has 5 nitrogen and oxygen atoms in total. The summed E-state index contributed by atoms with van der Waals surface area (Å²) in [4.78, 5) is 20.6. The predicted molar refractivity (Wildman–Crippen MR) is 75.5 cm³/mol. The second kappa shape index (κ2) is 9.78. The topological polar surface area (TPSA) is 106 Å². The lowest BCUT2D eigenvalue weighted by molar-refractivity contribution is -0.138. The van der Waals surface area contributed by atoms with Gasteiger partial charge in [0.25, 0.3) is 0 Å². The lowest BCUT2D eigenvalue weighted by Crippen LogP contribution is -2.31. The Labute approximate surface area is 115 Å². The predicted octanol–water partition coefficient (Wildman–Crippen LogP) is 1.89. The molecule has 0 saturated heterocycles. The fourth-order valence-corrected chi connectivity index (χ4v) is 2.28. The van der Waals surface area contributed by atoms with Crippen LogP contribution in [0.25, 0.3) is 0 Å². The van der Waals surface area contributed by atoms with Crippen LogP contribution in [-0.2, 0) is 9.59 Å². The van der Waals surface area contributed by atoms with Gasteiger partial charge in [-0.25, -0.2) is 0 Å². The maximum absolute atomic E-state index is 10.5. The fourth-order valence-electron chi connectivity index (χ4n) is 2.28. The third-order valence-electron chi connectivity index (χ3n) is 3.26. The van der Waals surface area contributed by atoms with Crippen LogP contribution in [0.15, 0.2) is 0 Å². The van der Waals surface area contributed by atoms with E-state index in [1.807, 2.05) is 13.8 Å². The van der Waals surface area contributed by atoms with Gasteiger partial charge in [0, 0.05) is 6.42 Å². The van der Waals surface area contributed by atoms with Gasteiger partial charge in [-0.2, -0.15) is 0 Å². The first-order valence-electron chi connectivity index (χ1n) is 7.09. The van der Waals surface area contributed by atoms with Gasteiger partial charge in [0.05, 0.1) is 0 Å². The number of amides is 1. The van der Waals surface area contributed by atoms with Gasteiger partial charge in [0.1, 0.15) is 6.04 Å². The van der Waals surface area contributed by atoms with E-state index >= 15 is 0 Å². The number of rotatable bonds is 5. The molecule has 0 aromatic heterocycles. The molecule has 5 N–H and O–H groups in total. The first-order valence-corrected chi connectivity index (χ1v) is 7.09. The van der Waals surface area contributed by atoms with Crippen molar-refractivity contribution in [3.05, 3.63) is 0 Å². The molecule has 1 rings (SSSR count). The number of carboxylic acid groups (broad SMARTS) is 1. The van der Waals surface area contributed by atoms with Gasteiger partial charge in [0.2, 0.25) is 5.91 Å². The Bertz CT molecular complexity index is 274. The summed E-state index contributed by atoms with van der Waals surface area (Å²) in [6.45, 7) is 3.89. The maximum Gasteiger partial charge on any atom is 0.320 e. The van der Waals surface area contributed by atoms with Crippen molar-refractivity contribution in [2.75, 3.05) is 0 Å². The van der Waals surface area contributed by atoms with Crippen LogP contribution in [0.2, 0.25) is 0 Å². The third kappa shape index (κ3) is 10.5. The van der Waals surface area contributed by atoms with Crippen molar-refractivity contribution in [2.24, 2.45) is 23.3 Å². The van der Waals surface area contributed by atoms with Gasteiger partial charge in [-0.15, -0.1) is 0 Å². The van der Waals surface area contributed by atoms with E-state index < -0.39 is 12.0 Å². The van der Waals surface area contributed by atoms with E-state index in [2.05, 4.69) is 0 Å². The summed E-state index contributed by atoms with van der Waals surface area (Å²) in [6.07, 6.45) is 7.51. The van der Waals surface area contributed by atoms with Crippen molar-refractivity contribution in [1.29, 1.82) is 0 Å². The van der Waals surface area contributed by atoms with E-state index in [9.17, 15) is 9.59 Å². The largest absolute Gasteiger partial charge is 0.480 e. The Kier molecular flexibility index (Phi) is 9.21. The van der Waals surface area contributed by atoms with Crippen molar-refractivity contribution in [2.45, 2.75) is 64.8 Å². The Hall–Kier alpha value is -1.10. The standard InChI is InChI=1S/C8H15NO.C6H13NO2/c9-8(10)6-7-4-2-1-3-5-7;1-4(2)3-5(7)6(8)9/h7H,1-6H2,(H2,9,10);4-5H,3,7H2,1-2H3,(H,8,9)/t;5-/m.1/s1. The number of hydrogen-bond acceptors (Lipinski definition) is 3. The molecule has 1 amide bonds. The molecule has 1 atom stereocenters. The van der Waals surface area contributed by atoms with Crippen molar-refractivity contribution in [3.63, 3.8) is 0 Å². The van der Waals surface area contributed by atoms with E-state index in [1.165, 1.54) is 32.1 Å². The third-order valence-corrected chi connectivity index (χ3v) is 3.26. The Morgan fingerprint density at radius 1 is 1.21 bits per heavy atom. The number of carbonyl (C=O) groups is 2. The average Bonchev–Trinajstić information content (AvgIpc) is 2.29. The number of carbonyl (C=O) groups excluding carboxylic acids is 1. The van der Waals surface area contributed by atoms with E-state index in [-0.39, 0.29) is 5.91 Å². The molecule has 0 aromatic rings. The first-order chi connectivity index (χ1) is 8.82. The monoisotopic (exact) mass is 272 g/mol. The molecule has 5 heteroatoms. The molecule has 1 aliphatic rings. The zero-order valence-electron chi connectivity index (χ0n) is 12.1. The Morgan fingerprint density at radius 2 is 1.74 bits per heavy atom. The summed E-state index contributed by atoms with van der Waals surface area (Å²) in [5.41, 5.74) is 10.3. The summed E-state index contributed by atoms with van der Waals surface area (Å²) in [5.74, 6) is -0.0852. The first kappa shape index (κ1) is 17.9. The van der Waals surface area contributed by atoms with Gasteiger partial charge in [-0.3, -0.25) is 9.59 Å². The minimum atomic E-state index is -0.913. The van der Waals surface area contributed by atoms with Crippen LogP contribution in [-0.4, -0.2) is 23.0 Å². The Balaban J connectivity index is 0.000000344. The molecule has 1 fully saturated rings. The molecule has 0 radical (unpaired) electrons. The van der Waals surface area contributed by atoms with E-state index in [4.69, 9.17) is 16.6 Å². The smallest absolute Gasteiger partial charge is 0.320 e. The van der Waals surface area contributed by atoms with E-state index in [1.54, 1.807) is 0 Å². The van der Waals surface area contributed by atoms with Crippen LogP contribution in [0.4, 0.5) is 0 Å². The minimum absolute atomic E-state index is 0.132. The normalized spacial score (nSPS) is 17.5. The highest BCUT2D eigenvalue weighted by atomic mass is 16.4. The SMILES string of the molecule is CC(C)C[C@@H](N)C(=O)O.NC(=O)CC1CCCCC1. The molecule has 0 unspecified atom stereocenters. The molecule has 0 aromatic carbocycles. The van der Waals surface area contributed by atoms with Crippen LogP contribution >= 0.6 is 0 Å². The quantitative estimate of drug-likeness (QED) is 0.710. The highest BCUT2D eigenvalue weighted by molar-refractivity contribution is 5.74. The van der Waals surface area contributed by atoms with Crippen LogP contribution in [0, 0.1) is 11.8 Å². The van der Waals surface area contributed by atoms with Gasteiger partial charge < -0.3 is 16.6 Å². The lowest BCUT2D eigenvalue weighted by Gasteiger charge is -2.19. The molecule has 19 heavy (non-hydrogen) atoms. The van der Waals surface area contributed by atoms with Gasteiger partial charge in [-0.05, 0) is 31.1 Å². The number of carboxylic acids is 1. The fraction of sp³-hybridized carbons (Fsp3) is 0.857. The molecule has 1 aliphatic carbocycles. The number of nitrogens with two attached hydrogens (primary N) is 2. The van der Waals surface area contributed by atoms with Gasteiger partial charge in [0.15, 0.2) is 0 Å². The average molecular weight is 272 g/mol. The lowest BCUT2D eigenvalue weighted by atomic mass is 9.87. The highest BCUT2D eigenvalue weighted by Gasteiger charge is 2.14. The highest BCUT2D eigenvalue weighted by Crippen LogP contribution is 2.25. The maximum atomic E-state index is 10.5. The van der Waals surface area contributed by atoms with Gasteiger partial charge in [-0.1, -0.05) is 33.1 Å². The molecule has 112 valence electrons. The number of hydrogen-bond donors (Lipinski definition) is 3. The molecule has 1 saturated carbocycles. The van der Waals surface area contributed by atoms with Crippen molar-refractivity contribution < 1.29 is 14.7 Å². The molecular weight excluding hydrogens is 244 g/mol. The van der Waals surface area contributed by atoms with Crippen molar-refractivity contribution in [1.82, 2.24) is 0 Å². The van der Waals surface area contributed by atoms with Crippen molar-refractivity contribution in [3.8, 4) is 0 Å². The van der Waals surface area contributed by atoms with Crippen LogP contribution in [0.1, 0.15) is 58.8 Å². The zero-order valence-corrected chi connectivity index (χ0v) is 12.1. The Morgan fingerprint density at radius 3 is 2.05 bits per heavy atom. The van der Waals surface area contributed by atoms with E-state index in [0.29, 0.717) is 24.7 Å². The van der Waals surface area contributed by atoms with Crippen LogP contribution < -0.4 is 11.5 Å². The summed E-state index contributed by atoms with van der Waals surface area (Å²) in [5, 5.41) is 8.31. The number of aliphatic carboxylic acids is 1. The number of primary amides is 1. The van der Waals surface area contributed by atoms with Crippen molar-refractivity contribution >= 4 is 11.9 Å². The zero-order chi connectivity index (χ0) is 14.8. The summed E-state index contributed by atoms with van der Waals surface area (Å²) < 4.78 is 0. The van der Waals surface area contributed by atoms with E-state index in [0.717, 1.165) is 0 Å².